The number of ether oxygens (including phenoxy) is 1. The summed E-state index contributed by atoms with van der Waals surface area (Å²) in [5.41, 5.74) is 6.92. The Bertz CT molecular complexity index is 423. The standard InChI is InChI=1S/C14H18N2O2/c15-13(10-4-2-1-3-5-10)14(17)16-8-11-6-7-12(9-16)18-11/h1-5,11-13H,6-9,15H2/t11?,12?,13-/m1/s1. The average Bonchev–Trinajstić information content (AvgIpc) is 2.77. The Morgan fingerprint density at radius 2 is 1.83 bits per heavy atom. The van der Waals surface area contributed by atoms with Crippen LogP contribution in [0.1, 0.15) is 24.4 Å². The summed E-state index contributed by atoms with van der Waals surface area (Å²) in [6, 6.07) is 8.99. The molecule has 2 saturated heterocycles. The van der Waals surface area contributed by atoms with Gasteiger partial charge in [0.05, 0.1) is 12.2 Å². The van der Waals surface area contributed by atoms with Crippen LogP contribution in [0.2, 0.25) is 0 Å². The molecule has 1 aromatic rings. The smallest absolute Gasteiger partial charge is 0.244 e. The van der Waals surface area contributed by atoms with Crippen molar-refractivity contribution in [1.82, 2.24) is 4.90 Å². The Morgan fingerprint density at radius 1 is 1.22 bits per heavy atom. The van der Waals surface area contributed by atoms with Crippen molar-refractivity contribution in [2.45, 2.75) is 31.1 Å². The van der Waals surface area contributed by atoms with Crippen molar-refractivity contribution in [1.29, 1.82) is 0 Å². The second-order valence-electron chi connectivity index (χ2n) is 5.09. The minimum atomic E-state index is -0.552. The average molecular weight is 246 g/mol. The lowest BCUT2D eigenvalue weighted by Gasteiger charge is -2.33. The lowest BCUT2D eigenvalue weighted by atomic mass is 10.1. The molecule has 18 heavy (non-hydrogen) atoms. The quantitative estimate of drug-likeness (QED) is 0.849. The maximum Gasteiger partial charge on any atom is 0.244 e. The van der Waals surface area contributed by atoms with E-state index in [4.69, 9.17) is 10.5 Å². The number of fused-ring (bicyclic) bond motifs is 2. The molecule has 2 heterocycles. The van der Waals surface area contributed by atoms with Gasteiger partial charge in [0, 0.05) is 13.1 Å². The topological polar surface area (TPSA) is 55.6 Å². The molecule has 2 aliphatic heterocycles. The largest absolute Gasteiger partial charge is 0.371 e. The highest BCUT2D eigenvalue weighted by molar-refractivity contribution is 5.83. The Morgan fingerprint density at radius 3 is 2.44 bits per heavy atom. The van der Waals surface area contributed by atoms with E-state index in [-0.39, 0.29) is 18.1 Å². The number of benzene rings is 1. The van der Waals surface area contributed by atoms with Crippen LogP contribution in [0.15, 0.2) is 30.3 Å². The summed E-state index contributed by atoms with van der Waals surface area (Å²) in [6.07, 6.45) is 2.57. The Hall–Kier alpha value is -1.39. The normalized spacial score (nSPS) is 28.2. The molecule has 0 aromatic heterocycles. The zero-order valence-corrected chi connectivity index (χ0v) is 10.3. The first-order chi connectivity index (χ1) is 8.74. The first-order valence-electron chi connectivity index (χ1n) is 6.49. The molecule has 96 valence electrons. The van der Waals surface area contributed by atoms with Gasteiger partial charge in [-0.3, -0.25) is 4.79 Å². The summed E-state index contributed by atoms with van der Waals surface area (Å²) in [6.45, 7) is 1.38. The second-order valence-corrected chi connectivity index (χ2v) is 5.09. The van der Waals surface area contributed by atoms with Crippen LogP contribution in [0.4, 0.5) is 0 Å². The molecule has 0 saturated carbocycles. The molecule has 2 bridgehead atoms. The number of carbonyl (C=O) groups is 1. The highest BCUT2D eigenvalue weighted by Crippen LogP contribution is 2.27. The van der Waals surface area contributed by atoms with Gasteiger partial charge in [0.15, 0.2) is 0 Å². The van der Waals surface area contributed by atoms with Gasteiger partial charge in [-0.2, -0.15) is 0 Å². The number of hydrogen-bond donors (Lipinski definition) is 1. The van der Waals surface area contributed by atoms with E-state index in [1.165, 1.54) is 0 Å². The van der Waals surface area contributed by atoms with Gasteiger partial charge in [-0.25, -0.2) is 0 Å². The molecule has 2 aliphatic rings. The van der Waals surface area contributed by atoms with Crippen LogP contribution in [0.25, 0.3) is 0 Å². The van der Waals surface area contributed by atoms with Gasteiger partial charge >= 0.3 is 0 Å². The van der Waals surface area contributed by atoms with E-state index in [2.05, 4.69) is 0 Å². The third-order valence-corrected chi connectivity index (χ3v) is 3.78. The monoisotopic (exact) mass is 246 g/mol. The van der Waals surface area contributed by atoms with Crippen LogP contribution in [-0.4, -0.2) is 36.1 Å². The SMILES string of the molecule is N[C@@H](C(=O)N1CC2CCC(C1)O2)c1ccccc1. The summed E-state index contributed by atoms with van der Waals surface area (Å²) < 4.78 is 5.73. The molecule has 4 nitrogen and oxygen atoms in total. The van der Waals surface area contributed by atoms with E-state index in [0.717, 1.165) is 18.4 Å². The zero-order valence-electron chi connectivity index (χ0n) is 10.3. The first-order valence-corrected chi connectivity index (χ1v) is 6.49. The minimum Gasteiger partial charge on any atom is -0.371 e. The predicted molar refractivity (Wildman–Crippen MR) is 67.8 cm³/mol. The number of morpholine rings is 1. The maximum absolute atomic E-state index is 12.4. The second kappa shape index (κ2) is 4.71. The number of amides is 1. The van der Waals surface area contributed by atoms with E-state index in [0.29, 0.717) is 13.1 Å². The molecule has 2 unspecified atom stereocenters. The molecule has 3 rings (SSSR count). The van der Waals surface area contributed by atoms with Crippen molar-refractivity contribution < 1.29 is 9.53 Å². The number of hydrogen-bond acceptors (Lipinski definition) is 3. The van der Waals surface area contributed by atoms with Crippen LogP contribution < -0.4 is 5.73 Å². The summed E-state index contributed by atoms with van der Waals surface area (Å²) in [7, 11) is 0. The van der Waals surface area contributed by atoms with E-state index in [1.54, 1.807) is 0 Å². The van der Waals surface area contributed by atoms with Gasteiger partial charge in [-0.1, -0.05) is 30.3 Å². The summed E-state index contributed by atoms with van der Waals surface area (Å²) >= 11 is 0. The third-order valence-electron chi connectivity index (χ3n) is 3.78. The number of carbonyl (C=O) groups excluding carboxylic acids is 1. The lowest BCUT2D eigenvalue weighted by molar-refractivity contribution is -0.141. The molecular weight excluding hydrogens is 228 g/mol. The van der Waals surface area contributed by atoms with Crippen LogP contribution in [0, 0.1) is 0 Å². The minimum absolute atomic E-state index is 0.0152. The van der Waals surface area contributed by atoms with Gasteiger partial charge in [0.25, 0.3) is 0 Å². The van der Waals surface area contributed by atoms with Crippen LogP contribution in [-0.2, 0) is 9.53 Å². The number of likely N-dealkylation sites (tertiary alicyclic amines) is 1. The van der Waals surface area contributed by atoms with Gasteiger partial charge in [-0.05, 0) is 18.4 Å². The molecule has 1 aromatic carbocycles. The van der Waals surface area contributed by atoms with Crippen molar-refractivity contribution in [2.24, 2.45) is 5.73 Å². The Labute approximate surface area is 107 Å². The van der Waals surface area contributed by atoms with E-state index in [9.17, 15) is 4.79 Å². The molecule has 1 amide bonds. The molecule has 0 aliphatic carbocycles. The number of rotatable bonds is 2. The van der Waals surface area contributed by atoms with Gasteiger partial charge < -0.3 is 15.4 Å². The Balaban J connectivity index is 1.71. The number of nitrogens with zero attached hydrogens (tertiary/aromatic N) is 1. The van der Waals surface area contributed by atoms with Gasteiger partial charge in [0.2, 0.25) is 5.91 Å². The van der Waals surface area contributed by atoms with Gasteiger partial charge in [0.1, 0.15) is 6.04 Å². The highest BCUT2D eigenvalue weighted by atomic mass is 16.5. The fourth-order valence-electron chi connectivity index (χ4n) is 2.79. The molecule has 0 spiro atoms. The maximum atomic E-state index is 12.4. The predicted octanol–water partition coefficient (Wildman–Crippen LogP) is 1.08. The highest BCUT2D eigenvalue weighted by Gasteiger charge is 2.37. The van der Waals surface area contributed by atoms with Crippen LogP contribution in [0.3, 0.4) is 0 Å². The van der Waals surface area contributed by atoms with Crippen molar-refractivity contribution >= 4 is 5.91 Å². The molecule has 4 heteroatoms. The van der Waals surface area contributed by atoms with E-state index < -0.39 is 6.04 Å². The van der Waals surface area contributed by atoms with Crippen molar-refractivity contribution in [3.05, 3.63) is 35.9 Å². The summed E-state index contributed by atoms with van der Waals surface area (Å²) in [5.74, 6) is 0.0152. The molecule has 0 radical (unpaired) electrons. The molecule has 2 fully saturated rings. The van der Waals surface area contributed by atoms with Crippen molar-refractivity contribution in [2.75, 3.05) is 13.1 Å². The molecular formula is C14H18N2O2. The van der Waals surface area contributed by atoms with E-state index >= 15 is 0 Å². The van der Waals surface area contributed by atoms with Crippen molar-refractivity contribution in [3.63, 3.8) is 0 Å². The summed E-state index contributed by atoms with van der Waals surface area (Å²) in [4.78, 5) is 14.2. The third kappa shape index (κ3) is 2.13. The molecule has 3 atom stereocenters. The zero-order chi connectivity index (χ0) is 12.5. The molecule has 2 N–H and O–H groups in total. The van der Waals surface area contributed by atoms with Crippen molar-refractivity contribution in [3.8, 4) is 0 Å². The van der Waals surface area contributed by atoms with Gasteiger partial charge in [-0.15, -0.1) is 0 Å². The Kier molecular flexibility index (Phi) is 3.06. The van der Waals surface area contributed by atoms with E-state index in [1.807, 2.05) is 35.2 Å². The first kappa shape index (κ1) is 11.7. The summed E-state index contributed by atoms with van der Waals surface area (Å²) in [5, 5.41) is 0. The fourth-order valence-corrected chi connectivity index (χ4v) is 2.79. The van der Waals surface area contributed by atoms with Crippen LogP contribution >= 0.6 is 0 Å². The lowest BCUT2D eigenvalue weighted by Crippen LogP contribution is -2.48. The van der Waals surface area contributed by atoms with Crippen LogP contribution in [0.5, 0.6) is 0 Å². The number of nitrogens with two attached hydrogens (primary N) is 1. The fraction of sp³-hybridized carbons (Fsp3) is 0.500.